The van der Waals surface area contributed by atoms with E-state index in [1.807, 2.05) is 44.2 Å². The Morgan fingerprint density at radius 3 is 2.71 bits per heavy atom. The van der Waals surface area contributed by atoms with E-state index in [0.717, 1.165) is 30.2 Å². The molecule has 0 amide bonds. The Kier molecular flexibility index (Phi) is 7.39. The van der Waals surface area contributed by atoms with Crippen LogP contribution in [0.3, 0.4) is 0 Å². The van der Waals surface area contributed by atoms with Crippen molar-refractivity contribution in [3.63, 3.8) is 0 Å². The monoisotopic (exact) mass is 477 g/mol. The van der Waals surface area contributed by atoms with Crippen LogP contribution in [-0.2, 0) is 11.4 Å². The van der Waals surface area contributed by atoms with Gasteiger partial charge in [0.2, 0.25) is 5.88 Å². The van der Waals surface area contributed by atoms with Crippen molar-refractivity contribution < 1.29 is 23.8 Å². The van der Waals surface area contributed by atoms with Crippen molar-refractivity contribution >= 4 is 12.0 Å². The van der Waals surface area contributed by atoms with Crippen LogP contribution in [0.2, 0.25) is 0 Å². The first-order chi connectivity index (χ1) is 16.8. The molecule has 1 N–H and O–H groups in total. The Balaban J connectivity index is 1.57. The fourth-order valence-corrected chi connectivity index (χ4v) is 4.04. The number of aromatic nitrogens is 3. The molecule has 7 nitrogen and oxygen atoms in total. The number of benzene rings is 1. The maximum absolute atomic E-state index is 14.6. The molecule has 0 aliphatic heterocycles. The zero-order valence-corrected chi connectivity index (χ0v) is 20.0. The van der Waals surface area contributed by atoms with Crippen LogP contribution >= 0.6 is 0 Å². The molecule has 182 valence electrons. The minimum absolute atomic E-state index is 0.00774. The van der Waals surface area contributed by atoms with E-state index in [9.17, 15) is 14.3 Å². The summed E-state index contributed by atoms with van der Waals surface area (Å²) in [7, 11) is 1.47. The van der Waals surface area contributed by atoms with Crippen molar-refractivity contribution in [2.45, 2.75) is 45.6 Å². The quantitative estimate of drug-likeness (QED) is 0.403. The topological polar surface area (TPSA) is 94.4 Å². The molecule has 1 saturated carbocycles. The van der Waals surface area contributed by atoms with Crippen LogP contribution in [-0.4, -0.2) is 33.1 Å². The van der Waals surface area contributed by atoms with E-state index in [4.69, 9.17) is 9.47 Å². The van der Waals surface area contributed by atoms with Gasteiger partial charge in [0.15, 0.2) is 5.82 Å². The maximum atomic E-state index is 14.6. The highest BCUT2D eigenvalue weighted by Gasteiger charge is 2.33. The molecule has 4 rings (SSSR count). The van der Waals surface area contributed by atoms with Crippen LogP contribution < -0.4 is 9.47 Å². The van der Waals surface area contributed by atoms with Gasteiger partial charge in [0.25, 0.3) is 0 Å². The summed E-state index contributed by atoms with van der Waals surface area (Å²) in [6.07, 6.45) is 6.73. The van der Waals surface area contributed by atoms with Crippen molar-refractivity contribution in [3.8, 4) is 22.9 Å². The number of hydrogen-bond donors (Lipinski definition) is 1. The number of pyridine rings is 1. The summed E-state index contributed by atoms with van der Waals surface area (Å²) in [6.45, 7) is 4.02. The van der Waals surface area contributed by atoms with Gasteiger partial charge in [-0.2, -0.15) is 0 Å². The Morgan fingerprint density at radius 1 is 1.23 bits per heavy atom. The lowest BCUT2D eigenvalue weighted by atomic mass is 9.91. The lowest BCUT2D eigenvalue weighted by Gasteiger charge is -2.16. The fourth-order valence-electron chi connectivity index (χ4n) is 4.04. The Hall–Kier alpha value is -3.81. The molecule has 1 atom stereocenters. The number of hydrogen-bond acceptors (Lipinski definition) is 6. The van der Waals surface area contributed by atoms with E-state index >= 15 is 0 Å². The van der Waals surface area contributed by atoms with Gasteiger partial charge in [0, 0.05) is 11.6 Å². The number of methoxy groups -OCH3 is 1. The summed E-state index contributed by atoms with van der Waals surface area (Å²) in [6, 6.07) is 9.08. The van der Waals surface area contributed by atoms with Gasteiger partial charge in [-0.3, -0.25) is 9.78 Å². The maximum Gasteiger partial charge on any atom is 0.303 e. The molecule has 8 heteroatoms. The van der Waals surface area contributed by atoms with Gasteiger partial charge in [-0.15, -0.1) is 0 Å². The van der Waals surface area contributed by atoms with Gasteiger partial charge in [-0.1, -0.05) is 17.7 Å². The van der Waals surface area contributed by atoms with Crippen LogP contribution in [0.5, 0.6) is 11.6 Å². The smallest absolute Gasteiger partial charge is 0.303 e. The van der Waals surface area contributed by atoms with Crippen LogP contribution in [0, 0.1) is 11.7 Å². The second-order valence-corrected chi connectivity index (χ2v) is 8.93. The van der Waals surface area contributed by atoms with Crippen LogP contribution in [0.15, 0.2) is 48.3 Å². The third-order valence-corrected chi connectivity index (χ3v) is 5.83. The third kappa shape index (κ3) is 6.20. The summed E-state index contributed by atoms with van der Waals surface area (Å²) in [4.78, 5) is 24.4. The molecule has 0 spiro atoms. The van der Waals surface area contributed by atoms with Gasteiger partial charge in [-0.25, -0.2) is 14.4 Å². The Morgan fingerprint density at radius 2 is 2.03 bits per heavy atom. The number of nitrogens with zero attached hydrogens (tertiary/aromatic N) is 3. The minimum atomic E-state index is -0.793. The molecule has 1 aromatic carbocycles. The first kappa shape index (κ1) is 24.3. The zero-order valence-electron chi connectivity index (χ0n) is 20.0. The fraction of sp³-hybridized carbons (Fsp3) is 0.333. The second-order valence-electron chi connectivity index (χ2n) is 8.93. The highest BCUT2D eigenvalue weighted by atomic mass is 19.1. The summed E-state index contributed by atoms with van der Waals surface area (Å²) >= 11 is 0. The molecule has 1 aliphatic carbocycles. The van der Waals surface area contributed by atoms with Crippen molar-refractivity contribution in [2.75, 3.05) is 7.11 Å². The van der Waals surface area contributed by atoms with Crippen molar-refractivity contribution in [1.29, 1.82) is 0 Å². The molecule has 0 bridgehead atoms. The number of ether oxygens (including phenoxy) is 2. The molecule has 35 heavy (non-hydrogen) atoms. The number of halogens is 1. The highest BCUT2D eigenvalue weighted by Crippen LogP contribution is 2.45. The Labute approximate surface area is 203 Å². The summed E-state index contributed by atoms with van der Waals surface area (Å²) < 4.78 is 25.7. The molecular weight excluding hydrogens is 449 g/mol. The Bertz CT molecular complexity index is 1250. The number of carboxylic acid groups (broad SMARTS) is 1. The summed E-state index contributed by atoms with van der Waals surface area (Å²) in [5.74, 6) is 0.0175. The van der Waals surface area contributed by atoms with Gasteiger partial charge in [-0.05, 0) is 62.3 Å². The largest absolute Gasteiger partial charge is 0.487 e. The second kappa shape index (κ2) is 10.6. The number of allylic oxidation sites excluding steroid dienone is 1. The van der Waals surface area contributed by atoms with Crippen molar-refractivity contribution in [3.05, 3.63) is 71.1 Å². The lowest BCUT2D eigenvalue weighted by molar-refractivity contribution is -0.137. The van der Waals surface area contributed by atoms with Crippen LogP contribution in [0.25, 0.3) is 17.3 Å². The average Bonchev–Trinajstić information content (AvgIpc) is 3.67. The molecule has 2 heterocycles. The molecule has 0 saturated heterocycles. The van der Waals surface area contributed by atoms with E-state index in [1.54, 1.807) is 6.20 Å². The van der Waals surface area contributed by atoms with E-state index in [-0.39, 0.29) is 30.4 Å². The van der Waals surface area contributed by atoms with E-state index < -0.39 is 11.8 Å². The van der Waals surface area contributed by atoms with Crippen molar-refractivity contribution in [1.82, 2.24) is 15.0 Å². The number of rotatable bonds is 10. The normalized spacial score (nSPS) is 13.7. The van der Waals surface area contributed by atoms with Crippen molar-refractivity contribution in [2.24, 2.45) is 5.92 Å². The van der Waals surface area contributed by atoms with Gasteiger partial charge >= 0.3 is 5.97 Å². The van der Waals surface area contributed by atoms with E-state index in [0.29, 0.717) is 28.7 Å². The lowest BCUT2D eigenvalue weighted by Crippen LogP contribution is -2.09. The van der Waals surface area contributed by atoms with Crippen LogP contribution in [0.1, 0.15) is 56.0 Å². The van der Waals surface area contributed by atoms with Gasteiger partial charge in [0.1, 0.15) is 12.4 Å². The molecule has 3 aromatic rings. The van der Waals surface area contributed by atoms with Gasteiger partial charge < -0.3 is 14.6 Å². The van der Waals surface area contributed by atoms with E-state index in [2.05, 4.69) is 15.0 Å². The predicted molar refractivity (Wildman–Crippen MR) is 130 cm³/mol. The van der Waals surface area contributed by atoms with Gasteiger partial charge in [0.05, 0.1) is 43.0 Å². The van der Waals surface area contributed by atoms with E-state index in [1.165, 1.54) is 13.2 Å². The predicted octanol–water partition coefficient (Wildman–Crippen LogP) is 5.66. The molecule has 1 fully saturated rings. The third-order valence-electron chi connectivity index (χ3n) is 5.83. The number of aliphatic carboxylic acids is 1. The molecular formula is C27H28FN3O4. The summed E-state index contributed by atoms with van der Waals surface area (Å²) in [5.41, 5.74) is 3.69. The summed E-state index contributed by atoms with van der Waals surface area (Å²) in [5, 5.41) is 9.30. The SMILES string of the molecule is COc1cc(-c2ncc(COc3cccc(C(CC(=O)O)C4CC4)c3)nc2C=C(C)C)c(F)cn1. The number of carbonyl (C=O) groups is 1. The molecule has 1 unspecified atom stereocenters. The zero-order chi connectivity index (χ0) is 24.9. The standard InChI is InChI=1S/C27H28FN3O4/c1-16(2)9-24-27(22-11-25(34-3)29-14-23(22)28)30-13-19(31-24)15-35-20-6-4-5-18(10-20)21(12-26(32)33)17-7-8-17/h4-6,9-11,13-14,17,21H,7-8,12,15H2,1-3H3,(H,32,33). The minimum Gasteiger partial charge on any atom is -0.487 e. The molecule has 1 aliphatic rings. The van der Waals surface area contributed by atoms with Crippen LogP contribution in [0.4, 0.5) is 4.39 Å². The highest BCUT2D eigenvalue weighted by molar-refractivity contribution is 5.71. The molecule has 0 radical (unpaired) electrons. The average molecular weight is 478 g/mol. The first-order valence-corrected chi connectivity index (χ1v) is 11.5. The molecule has 2 aromatic heterocycles. The number of carboxylic acids is 1. The first-order valence-electron chi connectivity index (χ1n) is 11.5.